The highest BCUT2D eigenvalue weighted by atomic mass is 16.4. The molecule has 0 radical (unpaired) electrons. The number of nitrogens with zero attached hydrogens (tertiary/aromatic N) is 1. The predicted molar refractivity (Wildman–Crippen MR) is 79.9 cm³/mol. The number of amides is 1. The molecule has 0 aromatic heterocycles. The van der Waals surface area contributed by atoms with Gasteiger partial charge in [-0.15, -0.1) is 0 Å². The van der Waals surface area contributed by atoms with E-state index < -0.39 is 0 Å². The van der Waals surface area contributed by atoms with Gasteiger partial charge in [-0.2, -0.15) is 0 Å². The number of nitrogens with two attached hydrogens (primary N) is 1. The lowest BCUT2D eigenvalue weighted by Crippen LogP contribution is -2.26. The summed E-state index contributed by atoms with van der Waals surface area (Å²) in [5.41, 5.74) is 8.82. The predicted octanol–water partition coefficient (Wildman–Crippen LogP) is 1.88. The van der Waals surface area contributed by atoms with Crippen molar-refractivity contribution in [2.24, 2.45) is 10.9 Å². The van der Waals surface area contributed by atoms with E-state index in [2.05, 4.69) is 17.4 Å². The lowest BCUT2D eigenvalue weighted by molar-refractivity contribution is -0.120. The van der Waals surface area contributed by atoms with E-state index >= 15 is 0 Å². The standard InChI is InChI=1S/C15H23N3O2/c1-11-6-7-13(9-12(11)2)10-15(19)17-8-4-3-5-14(16)18-20/h6-7,9,20H,3-5,8,10H2,1-2H3,(H2,16,18)(H,17,19). The van der Waals surface area contributed by atoms with Crippen molar-refractivity contribution in [1.82, 2.24) is 5.32 Å². The molecule has 0 bridgehead atoms. The van der Waals surface area contributed by atoms with Crippen LogP contribution in [0.15, 0.2) is 23.4 Å². The number of rotatable bonds is 7. The minimum absolute atomic E-state index is 0.0250. The second-order valence-corrected chi connectivity index (χ2v) is 4.99. The summed E-state index contributed by atoms with van der Waals surface area (Å²) in [6, 6.07) is 6.07. The third-order valence-corrected chi connectivity index (χ3v) is 3.25. The molecule has 20 heavy (non-hydrogen) atoms. The zero-order chi connectivity index (χ0) is 15.0. The maximum Gasteiger partial charge on any atom is 0.224 e. The molecule has 1 amide bonds. The summed E-state index contributed by atoms with van der Waals surface area (Å²) in [6.45, 7) is 4.72. The van der Waals surface area contributed by atoms with Crippen molar-refractivity contribution in [1.29, 1.82) is 0 Å². The first-order valence-electron chi connectivity index (χ1n) is 6.82. The van der Waals surface area contributed by atoms with Crippen LogP contribution >= 0.6 is 0 Å². The van der Waals surface area contributed by atoms with Gasteiger partial charge < -0.3 is 16.3 Å². The van der Waals surface area contributed by atoms with Crippen molar-refractivity contribution >= 4 is 11.7 Å². The zero-order valence-corrected chi connectivity index (χ0v) is 12.1. The Morgan fingerprint density at radius 3 is 2.70 bits per heavy atom. The van der Waals surface area contributed by atoms with Crippen LogP contribution in [0.3, 0.4) is 0 Å². The van der Waals surface area contributed by atoms with Gasteiger partial charge in [0, 0.05) is 13.0 Å². The molecule has 5 nitrogen and oxygen atoms in total. The van der Waals surface area contributed by atoms with Crippen LogP contribution in [0.5, 0.6) is 0 Å². The lowest BCUT2D eigenvalue weighted by Gasteiger charge is -2.07. The van der Waals surface area contributed by atoms with E-state index in [1.54, 1.807) is 0 Å². The number of amidine groups is 1. The Morgan fingerprint density at radius 1 is 1.30 bits per heavy atom. The molecule has 1 aromatic carbocycles. The first kappa shape index (κ1) is 16.0. The van der Waals surface area contributed by atoms with E-state index in [0.717, 1.165) is 18.4 Å². The first-order chi connectivity index (χ1) is 9.52. The van der Waals surface area contributed by atoms with Gasteiger partial charge >= 0.3 is 0 Å². The van der Waals surface area contributed by atoms with Crippen LogP contribution in [0.1, 0.15) is 36.0 Å². The molecule has 0 saturated carbocycles. The smallest absolute Gasteiger partial charge is 0.224 e. The minimum Gasteiger partial charge on any atom is -0.409 e. The van der Waals surface area contributed by atoms with E-state index in [9.17, 15) is 4.79 Å². The van der Waals surface area contributed by atoms with Crippen molar-refractivity contribution in [2.45, 2.75) is 39.5 Å². The number of oxime groups is 1. The number of nitrogens with one attached hydrogen (secondary N) is 1. The molecule has 1 aromatic rings. The quantitative estimate of drug-likeness (QED) is 0.234. The fourth-order valence-corrected chi connectivity index (χ4v) is 1.87. The van der Waals surface area contributed by atoms with Crippen molar-refractivity contribution in [3.63, 3.8) is 0 Å². The highest BCUT2D eigenvalue weighted by Gasteiger charge is 2.04. The number of aryl methyl sites for hydroxylation is 2. The second kappa shape index (κ2) is 8.19. The summed E-state index contributed by atoms with van der Waals surface area (Å²) < 4.78 is 0. The Bertz CT molecular complexity index is 484. The molecule has 0 saturated heterocycles. The van der Waals surface area contributed by atoms with Gasteiger partial charge in [0.2, 0.25) is 5.91 Å². The first-order valence-corrected chi connectivity index (χ1v) is 6.82. The largest absolute Gasteiger partial charge is 0.409 e. The van der Waals surface area contributed by atoms with Gasteiger partial charge in [0.1, 0.15) is 5.84 Å². The zero-order valence-electron chi connectivity index (χ0n) is 12.1. The van der Waals surface area contributed by atoms with E-state index in [-0.39, 0.29) is 11.7 Å². The summed E-state index contributed by atoms with van der Waals surface area (Å²) in [5.74, 6) is 0.253. The van der Waals surface area contributed by atoms with Crippen LogP contribution in [-0.2, 0) is 11.2 Å². The van der Waals surface area contributed by atoms with Gasteiger partial charge in [-0.05, 0) is 43.4 Å². The van der Waals surface area contributed by atoms with Crippen LogP contribution in [0, 0.1) is 13.8 Å². The number of carbonyl (C=O) groups is 1. The van der Waals surface area contributed by atoms with Crippen LogP contribution in [0.4, 0.5) is 0 Å². The normalized spacial score (nSPS) is 11.4. The Balaban J connectivity index is 2.25. The van der Waals surface area contributed by atoms with Crippen molar-refractivity contribution in [2.75, 3.05) is 6.54 Å². The summed E-state index contributed by atoms with van der Waals surface area (Å²) in [6.07, 6.45) is 2.56. The number of benzene rings is 1. The SMILES string of the molecule is Cc1ccc(CC(=O)NCCCCC(N)=NO)cc1C. The molecule has 1 rings (SSSR count). The van der Waals surface area contributed by atoms with Crippen LogP contribution < -0.4 is 11.1 Å². The summed E-state index contributed by atoms with van der Waals surface area (Å²) in [4.78, 5) is 11.8. The van der Waals surface area contributed by atoms with Gasteiger partial charge in [-0.1, -0.05) is 23.4 Å². The number of hydrogen-bond donors (Lipinski definition) is 3. The van der Waals surface area contributed by atoms with Gasteiger partial charge in [0.05, 0.1) is 6.42 Å². The molecular formula is C15H23N3O2. The molecule has 110 valence electrons. The maximum absolute atomic E-state index is 11.8. The average Bonchev–Trinajstić information content (AvgIpc) is 2.42. The van der Waals surface area contributed by atoms with Crippen molar-refractivity contribution in [3.05, 3.63) is 34.9 Å². The third kappa shape index (κ3) is 5.73. The number of carbonyl (C=O) groups excluding carboxylic acids is 1. The fraction of sp³-hybridized carbons (Fsp3) is 0.467. The second-order valence-electron chi connectivity index (χ2n) is 4.99. The Hall–Kier alpha value is -2.04. The van der Waals surface area contributed by atoms with Gasteiger partial charge in [-0.3, -0.25) is 4.79 Å². The van der Waals surface area contributed by atoms with Crippen molar-refractivity contribution < 1.29 is 10.0 Å². The number of unbranched alkanes of at least 4 members (excludes halogenated alkanes) is 1. The Morgan fingerprint density at radius 2 is 2.05 bits per heavy atom. The number of hydrogen-bond acceptors (Lipinski definition) is 3. The Labute approximate surface area is 119 Å². The summed E-state index contributed by atoms with van der Waals surface area (Å²) >= 11 is 0. The molecular weight excluding hydrogens is 254 g/mol. The topological polar surface area (TPSA) is 87.7 Å². The lowest BCUT2D eigenvalue weighted by atomic mass is 10.0. The van der Waals surface area contributed by atoms with E-state index in [1.165, 1.54) is 11.1 Å². The van der Waals surface area contributed by atoms with Gasteiger partial charge in [0.25, 0.3) is 0 Å². The van der Waals surface area contributed by atoms with E-state index in [1.807, 2.05) is 25.1 Å². The van der Waals surface area contributed by atoms with Crippen LogP contribution in [0.2, 0.25) is 0 Å². The molecule has 0 aliphatic carbocycles. The van der Waals surface area contributed by atoms with E-state index in [0.29, 0.717) is 19.4 Å². The fourth-order valence-electron chi connectivity index (χ4n) is 1.87. The Kier molecular flexibility index (Phi) is 6.56. The molecule has 0 spiro atoms. The molecule has 4 N–H and O–H groups in total. The average molecular weight is 277 g/mol. The van der Waals surface area contributed by atoms with Gasteiger partial charge in [0.15, 0.2) is 0 Å². The highest BCUT2D eigenvalue weighted by Crippen LogP contribution is 2.10. The molecule has 0 unspecified atom stereocenters. The highest BCUT2D eigenvalue weighted by molar-refractivity contribution is 5.79. The molecule has 0 heterocycles. The molecule has 0 aliphatic heterocycles. The third-order valence-electron chi connectivity index (χ3n) is 3.25. The molecule has 0 aliphatic rings. The van der Waals surface area contributed by atoms with Gasteiger partial charge in [-0.25, -0.2) is 0 Å². The molecule has 0 atom stereocenters. The summed E-state index contributed by atoms with van der Waals surface area (Å²) in [5, 5.41) is 14.2. The van der Waals surface area contributed by atoms with Crippen LogP contribution in [0.25, 0.3) is 0 Å². The molecule has 0 fully saturated rings. The van der Waals surface area contributed by atoms with Crippen molar-refractivity contribution in [3.8, 4) is 0 Å². The summed E-state index contributed by atoms with van der Waals surface area (Å²) in [7, 11) is 0. The maximum atomic E-state index is 11.8. The minimum atomic E-state index is 0.0250. The van der Waals surface area contributed by atoms with E-state index in [4.69, 9.17) is 10.9 Å². The molecule has 5 heteroatoms. The van der Waals surface area contributed by atoms with Crippen LogP contribution in [-0.4, -0.2) is 23.5 Å². The monoisotopic (exact) mass is 277 g/mol.